The van der Waals surface area contributed by atoms with E-state index in [1.165, 1.54) is 0 Å². The van der Waals surface area contributed by atoms with Crippen LogP contribution in [-0.2, 0) is 0 Å². The monoisotopic (exact) mass is 328 g/mol. The van der Waals surface area contributed by atoms with Gasteiger partial charge in [0.15, 0.2) is 0 Å². The number of rotatable bonds is 3. The minimum atomic E-state index is -0.178. The summed E-state index contributed by atoms with van der Waals surface area (Å²) in [6, 6.07) is 19.0. The number of hydrogen-bond acceptors (Lipinski definition) is 3. The second-order valence-electron chi connectivity index (χ2n) is 5.78. The van der Waals surface area contributed by atoms with Gasteiger partial charge in [0, 0.05) is 23.5 Å². The predicted molar refractivity (Wildman–Crippen MR) is 97.6 cm³/mol. The first-order chi connectivity index (χ1) is 12.2. The van der Waals surface area contributed by atoms with E-state index < -0.39 is 0 Å². The molecule has 5 nitrogen and oxygen atoms in total. The highest BCUT2D eigenvalue weighted by Gasteiger charge is 2.17. The van der Waals surface area contributed by atoms with Gasteiger partial charge in [-0.1, -0.05) is 48.0 Å². The zero-order chi connectivity index (χ0) is 17.2. The smallest absolute Gasteiger partial charge is 0.256 e. The minimum absolute atomic E-state index is 0.178. The third-order valence-corrected chi connectivity index (χ3v) is 4.00. The number of aromatic nitrogens is 3. The number of fused-ring (bicyclic) bond motifs is 1. The molecule has 0 aliphatic rings. The normalized spacial score (nSPS) is 10.8. The maximum atomic E-state index is 12.7. The molecule has 0 bridgehead atoms. The zero-order valence-corrected chi connectivity index (χ0v) is 13.7. The summed E-state index contributed by atoms with van der Waals surface area (Å²) in [5.41, 5.74) is 3.33. The lowest BCUT2D eigenvalue weighted by atomic mass is 10.1. The highest BCUT2D eigenvalue weighted by molar-refractivity contribution is 6.05. The summed E-state index contributed by atoms with van der Waals surface area (Å²) in [7, 11) is 0. The summed E-state index contributed by atoms with van der Waals surface area (Å²) in [6.07, 6.45) is 3.52. The van der Waals surface area contributed by atoms with E-state index in [1.807, 2.05) is 73.8 Å². The van der Waals surface area contributed by atoms with E-state index in [0.717, 1.165) is 11.1 Å². The van der Waals surface area contributed by atoms with E-state index in [2.05, 4.69) is 15.3 Å². The first kappa shape index (κ1) is 15.1. The molecule has 25 heavy (non-hydrogen) atoms. The van der Waals surface area contributed by atoms with Crippen molar-refractivity contribution in [2.24, 2.45) is 0 Å². The number of anilines is 1. The molecule has 2 aromatic heterocycles. The van der Waals surface area contributed by atoms with Crippen LogP contribution in [0.4, 0.5) is 5.82 Å². The topological polar surface area (TPSA) is 59.3 Å². The van der Waals surface area contributed by atoms with Crippen molar-refractivity contribution in [1.82, 2.24) is 14.4 Å². The number of imidazole rings is 1. The number of hydrogen-bond donors (Lipinski definition) is 1. The Kier molecular flexibility index (Phi) is 3.74. The fourth-order valence-electron chi connectivity index (χ4n) is 2.69. The van der Waals surface area contributed by atoms with E-state index in [-0.39, 0.29) is 5.91 Å². The standard InChI is InChI=1S/C20H16N4O/c1-14-8-10-16(11-9-14)19(25)23-18-17(15-6-3-2-4-7-15)22-20-21-12-5-13-24(18)20/h2-13H,1H3,(H,23,25). The van der Waals surface area contributed by atoms with Crippen molar-refractivity contribution in [1.29, 1.82) is 0 Å². The third-order valence-electron chi connectivity index (χ3n) is 4.00. The summed E-state index contributed by atoms with van der Waals surface area (Å²) in [5, 5.41) is 2.99. The Morgan fingerprint density at radius 2 is 1.76 bits per heavy atom. The minimum Gasteiger partial charge on any atom is -0.306 e. The number of nitrogens with one attached hydrogen (secondary N) is 1. The molecule has 2 aromatic carbocycles. The first-order valence-corrected chi connectivity index (χ1v) is 7.99. The van der Waals surface area contributed by atoms with Crippen molar-refractivity contribution in [3.8, 4) is 11.3 Å². The lowest BCUT2D eigenvalue weighted by Crippen LogP contribution is -2.14. The molecule has 0 fully saturated rings. The quantitative estimate of drug-likeness (QED) is 0.619. The van der Waals surface area contributed by atoms with Crippen molar-refractivity contribution in [2.75, 3.05) is 5.32 Å². The molecule has 0 atom stereocenters. The Balaban J connectivity index is 1.80. The Morgan fingerprint density at radius 3 is 2.52 bits per heavy atom. The Hall–Kier alpha value is -3.47. The SMILES string of the molecule is Cc1ccc(C(=O)Nc2c(-c3ccccc3)nc3ncccn23)cc1. The van der Waals surface area contributed by atoms with Crippen molar-refractivity contribution in [3.05, 3.63) is 84.2 Å². The average Bonchev–Trinajstić information content (AvgIpc) is 3.02. The molecule has 0 radical (unpaired) electrons. The van der Waals surface area contributed by atoms with E-state index in [0.29, 0.717) is 22.9 Å². The third kappa shape index (κ3) is 2.87. The highest BCUT2D eigenvalue weighted by Crippen LogP contribution is 2.28. The number of benzene rings is 2. The molecule has 0 aliphatic heterocycles. The van der Waals surface area contributed by atoms with Crippen LogP contribution in [0.25, 0.3) is 17.0 Å². The Labute approximate surface area is 145 Å². The lowest BCUT2D eigenvalue weighted by molar-refractivity contribution is 0.102. The van der Waals surface area contributed by atoms with Gasteiger partial charge in [-0.25, -0.2) is 9.97 Å². The van der Waals surface area contributed by atoms with Crippen molar-refractivity contribution in [3.63, 3.8) is 0 Å². The molecule has 0 unspecified atom stereocenters. The fraction of sp³-hybridized carbons (Fsp3) is 0.0500. The molecule has 4 rings (SSSR count). The first-order valence-electron chi connectivity index (χ1n) is 7.99. The molecule has 0 aliphatic carbocycles. The summed E-state index contributed by atoms with van der Waals surface area (Å²) in [5.74, 6) is 0.975. The molecule has 5 heteroatoms. The Bertz CT molecular complexity index is 1040. The second kappa shape index (κ2) is 6.20. The average molecular weight is 328 g/mol. The van der Waals surface area contributed by atoms with E-state index in [9.17, 15) is 4.79 Å². The summed E-state index contributed by atoms with van der Waals surface area (Å²) >= 11 is 0. The molecule has 1 amide bonds. The van der Waals surface area contributed by atoms with Crippen LogP contribution in [0.2, 0.25) is 0 Å². The fourth-order valence-corrected chi connectivity index (χ4v) is 2.69. The van der Waals surface area contributed by atoms with Crippen LogP contribution in [0.1, 0.15) is 15.9 Å². The lowest BCUT2D eigenvalue weighted by Gasteiger charge is -2.08. The van der Waals surface area contributed by atoms with Gasteiger partial charge in [-0.15, -0.1) is 0 Å². The second-order valence-corrected chi connectivity index (χ2v) is 5.78. The summed E-state index contributed by atoms with van der Waals surface area (Å²) < 4.78 is 1.79. The molecular weight excluding hydrogens is 312 g/mol. The molecule has 2 heterocycles. The van der Waals surface area contributed by atoms with E-state index in [1.54, 1.807) is 10.6 Å². The number of carbonyl (C=O) groups is 1. The van der Waals surface area contributed by atoms with Gasteiger partial charge in [0.2, 0.25) is 5.78 Å². The van der Waals surface area contributed by atoms with Crippen LogP contribution < -0.4 is 5.32 Å². The van der Waals surface area contributed by atoms with Crippen LogP contribution in [0, 0.1) is 6.92 Å². The van der Waals surface area contributed by atoms with Crippen LogP contribution in [0.3, 0.4) is 0 Å². The molecule has 0 saturated heterocycles. The van der Waals surface area contributed by atoms with Crippen LogP contribution in [-0.4, -0.2) is 20.3 Å². The maximum absolute atomic E-state index is 12.7. The van der Waals surface area contributed by atoms with Gasteiger partial charge < -0.3 is 5.32 Å². The largest absolute Gasteiger partial charge is 0.306 e. The molecule has 4 aromatic rings. The van der Waals surface area contributed by atoms with Crippen LogP contribution >= 0.6 is 0 Å². The van der Waals surface area contributed by atoms with Crippen LogP contribution in [0.5, 0.6) is 0 Å². The van der Waals surface area contributed by atoms with Crippen molar-refractivity contribution >= 4 is 17.5 Å². The summed E-state index contributed by atoms with van der Waals surface area (Å²) in [4.78, 5) is 21.5. The van der Waals surface area contributed by atoms with Gasteiger partial charge in [-0.05, 0) is 25.1 Å². The van der Waals surface area contributed by atoms with Gasteiger partial charge in [0.1, 0.15) is 11.5 Å². The number of carbonyl (C=O) groups excluding carboxylic acids is 1. The van der Waals surface area contributed by atoms with Gasteiger partial charge in [0.05, 0.1) is 0 Å². The van der Waals surface area contributed by atoms with Crippen molar-refractivity contribution in [2.45, 2.75) is 6.92 Å². The van der Waals surface area contributed by atoms with Gasteiger partial charge in [-0.3, -0.25) is 9.20 Å². The van der Waals surface area contributed by atoms with Crippen LogP contribution in [0.15, 0.2) is 73.1 Å². The van der Waals surface area contributed by atoms with Crippen molar-refractivity contribution < 1.29 is 4.79 Å². The van der Waals surface area contributed by atoms with E-state index >= 15 is 0 Å². The molecule has 122 valence electrons. The molecular formula is C20H16N4O. The van der Waals surface area contributed by atoms with Gasteiger partial charge >= 0.3 is 0 Å². The number of nitrogens with zero attached hydrogens (tertiary/aromatic N) is 3. The Morgan fingerprint density at radius 1 is 1.00 bits per heavy atom. The van der Waals surface area contributed by atoms with Gasteiger partial charge in [0.25, 0.3) is 5.91 Å². The number of amides is 1. The zero-order valence-electron chi connectivity index (χ0n) is 13.7. The highest BCUT2D eigenvalue weighted by atomic mass is 16.1. The van der Waals surface area contributed by atoms with E-state index in [4.69, 9.17) is 0 Å². The maximum Gasteiger partial charge on any atom is 0.256 e. The molecule has 0 spiro atoms. The summed E-state index contributed by atoms with van der Waals surface area (Å²) in [6.45, 7) is 1.99. The molecule has 0 saturated carbocycles. The molecule has 1 N–H and O–H groups in total. The number of aryl methyl sites for hydroxylation is 1. The van der Waals surface area contributed by atoms with Gasteiger partial charge in [-0.2, -0.15) is 0 Å². The predicted octanol–water partition coefficient (Wildman–Crippen LogP) is 3.96.